The maximum atomic E-state index is 15.3. The SMILES string of the molecule is COc1cc(F)c([C@@H]2CN(c3c(C)ccn([C@H]4COC[C@@H]4O)c3=O)C(=O)C2NC(=O)c2ccc(Cl)cc2)c(F)c1. The van der Waals surface area contributed by atoms with Crippen molar-refractivity contribution in [3.63, 3.8) is 0 Å². The summed E-state index contributed by atoms with van der Waals surface area (Å²) in [5.41, 5.74) is -0.414. The van der Waals surface area contributed by atoms with E-state index in [0.29, 0.717) is 10.6 Å². The molecule has 0 bridgehead atoms. The molecule has 9 nitrogen and oxygen atoms in total. The number of pyridine rings is 1. The van der Waals surface area contributed by atoms with Crippen molar-refractivity contribution in [3.8, 4) is 5.75 Å². The smallest absolute Gasteiger partial charge is 0.275 e. The van der Waals surface area contributed by atoms with Crippen LogP contribution in [-0.2, 0) is 9.53 Å². The minimum Gasteiger partial charge on any atom is -0.497 e. The van der Waals surface area contributed by atoms with Crippen molar-refractivity contribution in [1.29, 1.82) is 0 Å². The fourth-order valence-electron chi connectivity index (χ4n) is 5.23. The van der Waals surface area contributed by atoms with Crippen molar-refractivity contribution in [3.05, 3.63) is 92.4 Å². The summed E-state index contributed by atoms with van der Waals surface area (Å²) >= 11 is 5.92. The number of aliphatic hydroxyl groups is 1. The molecule has 2 saturated heterocycles. The van der Waals surface area contributed by atoms with E-state index in [-0.39, 0.29) is 36.8 Å². The Balaban J connectivity index is 1.58. The Bertz CT molecular complexity index is 1510. The number of ether oxygens (including phenoxy) is 2. The topological polar surface area (TPSA) is 110 Å². The number of halogens is 3. The number of carbonyl (C=O) groups excluding carboxylic acids is 2. The van der Waals surface area contributed by atoms with Crippen molar-refractivity contribution in [2.24, 2.45) is 0 Å². The van der Waals surface area contributed by atoms with E-state index in [4.69, 9.17) is 21.1 Å². The monoisotopic (exact) mass is 573 g/mol. The average molecular weight is 574 g/mol. The summed E-state index contributed by atoms with van der Waals surface area (Å²) in [6.45, 7) is 1.48. The zero-order valence-corrected chi connectivity index (χ0v) is 22.3. The highest BCUT2D eigenvalue weighted by molar-refractivity contribution is 6.30. The molecule has 2 fully saturated rings. The van der Waals surface area contributed by atoms with E-state index >= 15 is 8.78 Å². The Labute approximate surface area is 232 Å². The molecule has 1 aromatic heterocycles. The van der Waals surface area contributed by atoms with Crippen molar-refractivity contribution < 1.29 is 33.0 Å². The van der Waals surface area contributed by atoms with Gasteiger partial charge in [0.15, 0.2) is 0 Å². The number of hydrogen-bond acceptors (Lipinski definition) is 6. The molecule has 0 saturated carbocycles. The molecule has 4 atom stereocenters. The van der Waals surface area contributed by atoms with Gasteiger partial charge in [0, 0.05) is 46.9 Å². The van der Waals surface area contributed by atoms with Gasteiger partial charge in [-0.2, -0.15) is 0 Å². The van der Waals surface area contributed by atoms with Crippen molar-refractivity contribution >= 4 is 29.1 Å². The molecule has 40 heavy (non-hydrogen) atoms. The quantitative estimate of drug-likeness (QED) is 0.469. The summed E-state index contributed by atoms with van der Waals surface area (Å²) in [4.78, 5) is 41.7. The van der Waals surface area contributed by atoms with Crippen LogP contribution in [0, 0.1) is 18.6 Å². The summed E-state index contributed by atoms with van der Waals surface area (Å²) in [5, 5.41) is 13.3. The highest BCUT2D eigenvalue weighted by atomic mass is 35.5. The number of nitrogens with one attached hydrogen (secondary N) is 1. The van der Waals surface area contributed by atoms with E-state index in [2.05, 4.69) is 5.32 Å². The van der Waals surface area contributed by atoms with E-state index in [0.717, 1.165) is 17.0 Å². The van der Waals surface area contributed by atoms with E-state index < -0.39 is 58.7 Å². The van der Waals surface area contributed by atoms with E-state index in [9.17, 15) is 19.5 Å². The van der Waals surface area contributed by atoms with Gasteiger partial charge in [-0.3, -0.25) is 14.4 Å². The molecule has 210 valence electrons. The standard InChI is InChI=1S/C28H26ClF2N3O6/c1-14-7-8-33(21-12-40-13-22(21)35)28(38)25(14)34-11-18(23-19(30)9-17(39-2)10-20(23)31)24(27(34)37)32-26(36)15-3-5-16(29)6-4-15/h3-10,18,21-22,24,35H,11-13H2,1-2H3,(H,32,36)/t18-,21-,22-,24?/m0/s1. The average Bonchev–Trinajstić information content (AvgIpc) is 3.47. The number of hydrogen-bond donors (Lipinski definition) is 2. The van der Waals surface area contributed by atoms with Crippen LogP contribution in [0.2, 0.25) is 5.02 Å². The number of amides is 2. The third-order valence-electron chi connectivity index (χ3n) is 7.31. The number of rotatable bonds is 6. The summed E-state index contributed by atoms with van der Waals surface area (Å²) in [5.74, 6) is -4.55. The van der Waals surface area contributed by atoms with Gasteiger partial charge in [-0.25, -0.2) is 8.78 Å². The predicted molar refractivity (Wildman–Crippen MR) is 142 cm³/mol. The molecule has 1 unspecified atom stereocenters. The molecular weight excluding hydrogens is 548 g/mol. The molecule has 0 radical (unpaired) electrons. The van der Waals surface area contributed by atoms with Crippen molar-refractivity contribution in [2.45, 2.75) is 31.0 Å². The summed E-state index contributed by atoms with van der Waals surface area (Å²) in [6.07, 6.45) is 0.578. The lowest BCUT2D eigenvalue weighted by molar-refractivity contribution is -0.118. The van der Waals surface area contributed by atoms with Gasteiger partial charge in [0.05, 0.1) is 26.4 Å². The largest absolute Gasteiger partial charge is 0.497 e. The zero-order chi connectivity index (χ0) is 28.7. The summed E-state index contributed by atoms with van der Waals surface area (Å²) in [7, 11) is 1.26. The highest BCUT2D eigenvalue weighted by Gasteiger charge is 2.46. The van der Waals surface area contributed by atoms with Gasteiger partial charge >= 0.3 is 0 Å². The number of methoxy groups -OCH3 is 1. The molecule has 2 aliphatic heterocycles. The van der Waals surface area contributed by atoms with Crippen molar-refractivity contribution in [2.75, 3.05) is 31.8 Å². The van der Waals surface area contributed by atoms with Gasteiger partial charge in [0.2, 0.25) is 5.91 Å². The van der Waals surface area contributed by atoms with Crippen LogP contribution in [0.1, 0.15) is 33.4 Å². The Morgan fingerprint density at radius 2 is 1.80 bits per heavy atom. The Morgan fingerprint density at radius 1 is 1.12 bits per heavy atom. The van der Waals surface area contributed by atoms with Gasteiger partial charge in [-0.15, -0.1) is 0 Å². The van der Waals surface area contributed by atoms with Gasteiger partial charge < -0.3 is 29.4 Å². The molecule has 2 aromatic carbocycles. The molecule has 2 N–H and O–H groups in total. The predicted octanol–water partition coefficient (Wildman–Crippen LogP) is 2.96. The van der Waals surface area contributed by atoms with E-state index in [1.54, 1.807) is 13.0 Å². The maximum absolute atomic E-state index is 15.3. The first-order valence-electron chi connectivity index (χ1n) is 12.5. The zero-order valence-electron chi connectivity index (χ0n) is 21.6. The molecule has 0 aliphatic carbocycles. The Hall–Kier alpha value is -3.80. The lowest BCUT2D eigenvalue weighted by Gasteiger charge is -2.22. The lowest BCUT2D eigenvalue weighted by atomic mass is 9.92. The number of anilines is 1. The number of aliphatic hydroxyl groups excluding tert-OH is 1. The molecule has 2 aliphatic rings. The second-order valence-electron chi connectivity index (χ2n) is 9.75. The normalized spacial score (nSPS) is 22.6. The van der Waals surface area contributed by atoms with Crippen LogP contribution in [0.3, 0.4) is 0 Å². The van der Waals surface area contributed by atoms with Gasteiger partial charge in [0.1, 0.15) is 35.2 Å². The Kier molecular flexibility index (Phi) is 7.63. The summed E-state index contributed by atoms with van der Waals surface area (Å²) < 4.78 is 42.1. The minimum atomic E-state index is -1.41. The fraction of sp³-hybridized carbons (Fsp3) is 0.321. The molecule has 3 heterocycles. The molecule has 5 rings (SSSR count). The molecule has 3 aromatic rings. The first kappa shape index (κ1) is 27.8. The molecule has 2 amide bonds. The van der Waals surface area contributed by atoms with E-state index in [1.165, 1.54) is 42.1 Å². The van der Waals surface area contributed by atoms with Crippen LogP contribution in [0.25, 0.3) is 0 Å². The third kappa shape index (κ3) is 4.96. The van der Waals surface area contributed by atoms with Crippen LogP contribution in [0.4, 0.5) is 14.5 Å². The molecular formula is C28H26ClF2N3O6. The summed E-state index contributed by atoms with van der Waals surface area (Å²) in [6, 6.07) is 7.41. The van der Waals surface area contributed by atoms with Crippen LogP contribution >= 0.6 is 11.6 Å². The highest BCUT2D eigenvalue weighted by Crippen LogP contribution is 2.37. The number of benzene rings is 2. The molecule has 0 spiro atoms. The lowest BCUT2D eigenvalue weighted by Crippen LogP contribution is -2.45. The van der Waals surface area contributed by atoms with Crippen LogP contribution in [0.15, 0.2) is 53.5 Å². The second kappa shape index (κ2) is 11.0. The first-order valence-corrected chi connectivity index (χ1v) is 12.9. The van der Waals surface area contributed by atoms with Gasteiger partial charge in [-0.05, 0) is 42.8 Å². The minimum absolute atomic E-state index is 0.0193. The van der Waals surface area contributed by atoms with Crippen LogP contribution < -0.4 is 20.5 Å². The van der Waals surface area contributed by atoms with Crippen molar-refractivity contribution in [1.82, 2.24) is 9.88 Å². The van der Waals surface area contributed by atoms with E-state index in [1.807, 2.05) is 0 Å². The Morgan fingerprint density at radius 3 is 2.40 bits per heavy atom. The first-order chi connectivity index (χ1) is 19.1. The maximum Gasteiger partial charge on any atom is 0.275 e. The number of aryl methyl sites for hydroxylation is 1. The van der Waals surface area contributed by atoms with Crippen LogP contribution in [0.5, 0.6) is 5.75 Å². The number of aromatic nitrogens is 1. The third-order valence-corrected chi connectivity index (χ3v) is 7.56. The number of carbonyl (C=O) groups is 2. The van der Waals surface area contributed by atoms with Gasteiger partial charge in [0.25, 0.3) is 11.5 Å². The second-order valence-corrected chi connectivity index (χ2v) is 10.2. The van der Waals surface area contributed by atoms with Crippen LogP contribution in [-0.4, -0.2) is 60.5 Å². The number of nitrogens with zero attached hydrogens (tertiary/aromatic N) is 2. The fourth-order valence-corrected chi connectivity index (χ4v) is 5.36. The molecule has 12 heteroatoms. The van der Waals surface area contributed by atoms with Gasteiger partial charge in [-0.1, -0.05) is 11.6 Å².